The van der Waals surface area contributed by atoms with E-state index >= 15 is 0 Å². The Labute approximate surface area is 136 Å². The molecule has 1 N–H and O–H groups in total. The smallest absolute Gasteiger partial charge is 0.387 e. The van der Waals surface area contributed by atoms with Crippen LogP contribution in [0, 0.1) is 0 Å². The number of ether oxygens (including phenoxy) is 1. The van der Waals surface area contributed by atoms with Crippen molar-refractivity contribution in [2.24, 2.45) is 0 Å². The van der Waals surface area contributed by atoms with E-state index in [1.807, 2.05) is 13.1 Å². The van der Waals surface area contributed by atoms with E-state index in [9.17, 15) is 8.78 Å². The molecule has 0 spiro atoms. The van der Waals surface area contributed by atoms with Gasteiger partial charge < -0.3 is 10.1 Å². The van der Waals surface area contributed by atoms with Gasteiger partial charge in [-0.25, -0.2) is 0 Å². The number of halogens is 4. The molecule has 2 rings (SSSR count). The van der Waals surface area contributed by atoms with E-state index in [0.717, 1.165) is 18.7 Å². The van der Waals surface area contributed by atoms with Crippen LogP contribution >= 0.6 is 43.2 Å². The summed E-state index contributed by atoms with van der Waals surface area (Å²) in [6.45, 7) is -2.80. The molecule has 0 saturated heterocycles. The van der Waals surface area contributed by atoms with E-state index in [1.54, 1.807) is 35.6 Å². The molecule has 7 heteroatoms. The highest BCUT2D eigenvalue weighted by molar-refractivity contribution is 9.13. The van der Waals surface area contributed by atoms with E-state index in [0.29, 0.717) is 0 Å². The van der Waals surface area contributed by atoms with Crippen molar-refractivity contribution in [2.75, 3.05) is 7.05 Å². The molecule has 1 unspecified atom stereocenters. The summed E-state index contributed by atoms with van der Waals surface area (Å²) in [6.07, 6.45) is 0. The first-order chi connectivity index (χ1) is 9.51. The minimum atomic E-state index is -2.80. The Morgan fingerprint density at radius 3 is 2.30 bits per heavy atom. The standard InChI is InChI=1S/C13H11Br2F2NOS/c1-18-11(10-6-9(14)12(15)20-10)7-2-4-8(5-3-7)19-13(16)17/h2-6,11,13,18H,1H3. The topological polar surface area (TPSA) is 21.3 Å². The zero-order valence-electron chi connectivity index (χ0n) is 10.4. The predicted octanol–water partition coefficient (Wildman–Crippen LogP) is 5.18. The number of benzene rings is 1. The molecule has 108 valence electrons. The van der Waals surface area contributed by atoms with Crippen LogP contribution in [0.2, 0.25) is 0 Å². The van der Waals surface area contributed by atoms with E-state index in [-0.39, 0.29) is 11.8 Å². The van der Waals surface area contributed by atoms with Crippen LogP contribution in [0.1, 0.15) is 16.5 Å². The van der Waals surface area contributed by atoms with Gasteiger partial charge in [0.2, 0.25) is 0 Å². The second-order valence-electron chi connectivity index (χ2n) is 3.94. The predicted molar refractivity (Wildman–Crippen MR) is 83.7 cm³/mol. The molecule has 0 radical (unpaired) electrons. The van der Waals surface area contributed by atoms with E-state index in [1.165, 1.54) is 0 Å². The molecule has 1 heterocycles. The average Bonchev–Trinajstić information content (AvgIpc) is 2.72. The fourth-order valence-electron chi connectivity index (χ4n) is 1.82. The van der Waals surface area contributed by atoms with E-state index < -0.39 is 6.61 Å². The monoisotopic (exact) mass is 425 g/mol. The molecule has 1 atom stereocenters. The molecule has 2 nitrogen and oxygen atoms in total. The number of thiophene rings is 1. The van der Waals surface area contributed by atoms with Crippen molar-refractivity contribution in [2.45, 2.75) is 12.7 Å². The van der Waals surface area contributed by atoms with Crippen molar-refractivity contribution in [1.82, 2.24) is 5.32 Å². The quantitative estimate of drug-likeness (QED) is 0.710. The van der Waals surface area contributed by atoms with Crippen LogP contribution in [0.15, 0.2) is 38.6 Å². The van der Waals surface area contributed by atoms with Gasteiger partial charge in [-0.3, -0.25) is 0 Å². The molecule has 20 heavy (non-hydrogen) atoms. The van der Waals surface area contributed by atoms with Crippen LogP contribution < -0.4 is 10.1 Å². The maximum absolute atomic E-state index is 12.1. The number of alkyl halides is 2. The minimum Gasteiger partial charge on any atom is -0.435 e. The van der Waals surface area contributed by atoms with Crippen LogP contribution in [0.5, 0.6) is 5.75 Å². The first-order valence-corrected chi connectivity index (χ1v) is 8.08. The lowest BCUT2D eigenvalue weighted by atomic mass is 10.1. The van der Waals surface area contributed by atoms with Gasteiger partial charge in [0.1, 0.15) is 5.75 Å². The molecule has 1 aromatic carbocycles. The van der Waals surface area contributed by atoms with Crippen LogP contribution in [0.3, 0.4) is 0 Å². The van der Waals surface area contributed by atoms with Crippen molar-refractivity contribution < 1.29 is 13.5 Å². The zero-order valence-corrected chi connectivity index (χ0v) is 14.4. The Balaban J connectivity index is 2.23. The molecule has 0 amide bonds. The third-order valence-electron chi connectivity index (χ3n) is 2.68. The Bertz CT molecular complexity index is 555. The van der Waals surface area contributed by atoms with Gasteiger partial charge >= 0.3 is 6.61 Å². The summed E-state index contributed by atoms with van der Waals surface area (Å²) in [5, 5.41) is 3.22. The van der Waals surface area contributed by atoms with Crippen LogP contribution in [-0.2, 0) is 0 Å². The number of hydrogen-bond acceptors (Lipinski definition) is 3. The fourth-order valence-corrected chi connectivity index (χ4v) is 4.05. The number of hydrogen-bond donors (Lipinski definition) is 1. The summed E-state index contributed by atoms with van der Waals surface area (Å²) in [7, 11) is 1.86. The van der Waals surface area contributed by atoms with Gasteiger partial charge in [-0.15, -0.1) is 11.3 Å². The molecule has 0 aliphatic carbocycles. The highest BCUT2D eigenvalue weighted by Crippen LogP contribution is 2.37. The summed E-state index contributed by atoms with van der Waals surface area (Å²) < 4.78 is 30.6. The Morgan fingerprint density at radius 2 is 1.85 bits per heavy atom. The highest BCUT2D eigenvalue weighted by Gasteiger charge is 2.16. The summed E-state index contributed by atoms with van der Waals surface area (Å²) in [6, 6.07) is 8.68. The lowest BCUT2D eigenvalue weighted by Crippen LogP contribution is -2.16. The normalized spacial score (nSPS) is 12.7. The molecule has 0 aliphatic rings. The maximum atomic E-state index is 12.1. The molecule has 0 saturated carbocycles. The highest BCUT2D eigenvalue weighted by atomic mass is 79.9. The average molecular weight is 427 g/mol. The summed E-state index contributed by atoms with van der Waals surface area (Å²) in [5.74, 6) is 0.159. The second-order valence-corrected chi connectivity index (χ2v) is 7.20. The first-order valence-electron chi connectivity index (χ1n) is 5.68. The molecule has 0 bridgehead atoms. The van der Waals surface area contributed by atoms with Crippen LogP contribution in [0.4, 0.5) is 8.78 Å². The Morgan fingerprint density at radius 1 is 1.20 bits per heavy atom. The van der Waals surface area contributed by atoms with Crippen LogP contribution in [0.25, 0.3) is 0 Å². The second kappa shape index (κ2) is 6.98. The van der Waals surface area contributed by atoms with Crippen molar-refractivity contribution in [3.8, 4) is 5.75 Å². The Hall–Kier alpha value is -0.500. The van der Waals surface area contributed by atoms with Crippen molar-refractivity contribution in [3.05, 3.63) is 49.0 Å². The molecule has 2 aromatic rings. The van der Waals surface area contributed by atoms with Gasteiger partial charge in [0.05, 0.1) is 9.83 Å². The summed E-state index contributed by atoms with van der Waals surface area (Å²) in [5.41, 5.74) is 0.982. The van der Waals surface area contributed by atoms with Gasteiger partial charge in [-0.05, 0) is 62.7 Å². The van der Waals surface area contributed by atoms with Gasteiger partial charge in [-0.1, -0.05) is 12.1 Å². The SMILES string of the molecule is CNC(c1ccc(OC(F)F)cc1)c1cc(Br)c(Br)s1. The molecule has 0 aliphatic heterocycles. The van der Waals surface area contributed by atoms with E-state index in [2.05, 4.69) is 41.9 Å². The minimum absolute atomic E-state index is 0.00296. The lowest BCUT2D eigenvalue weighted by Gasteiger charge is -2.15. The van der Waals surface area contributed by atoms with Gasteiger partial charge in [0.25, 0.3) is 0 Å². The largest absolute Gasteiger partial charge is 0.435 e. The zero-order chi connectivity index (χ0) is 14.7. The third kappa shape index (κ3) is 3.78. The Kier molecular flexibility index (Phi) is 5.54. The first kappa shape index (κ1) is 15.9. The fraction of sp³-hybridized carbons (Fsp3) is 0.231. The van der Waals surface area contributed by atoms with Gasteiger partial charge in [-0.2, -0.15) is 8.78 Å². The van der Waals surface area contributed by atoms with Crippen LogP contribution in [-0.4, -0.2) is 13.7 Å². The molecular weight excluding hydrogens is 416 g/mol. The summed E-state index contributed by atoms with van der Waals surface area (Å²) in [4.78, 5) is 1.12. The van der Waals surface area contributed by atoms with E-state index in [4.69, 9.17) is 0 Å². The molecule has 1 aromatic heterocycles. The molecular formula is C13H11Br2F2NOS. The number of rotatable bonds is 5. The molecule has 0 fully saturated rings. The lowest BCUT2D eigenvalue weighted by molar-refractivity contribution is -0.0498. The van der Waals surface area contributed by atoms with Gasteiger partial charge in [0, 0.05) is 9.35 Å². The van der Waals surface area contributed by atoms with Crippen molar-refractivity contribution in [1.29, 1.82) is 0 Å². The third-order valence-corrected chi connectivity index (χ3v) is 6.00. The number of nitrogens with one attached hydrogen (secondary N) is 1. The maximum Gasteiger partial charge on any atom is 0.387 e. The van der Waals surface area contributed by atoms with Gasteiger partial charge in [0.15, 0.2) is 0 Å². The van der Waals surface area contributed by atoms with Crippen molar-refractivity contribution in [3.63, 3.8) is 0 Å². The van der Waals surface area contributed by atoms with Crippen molar-refractivity contribution >= 4 is 43.2 Å². The summed E-state index contributed by atoms with van der Waals surface area (Å²) >= 11 is 8.54.